The first kappa shape index (κ1) is 14.2. The molecule has 1 aliphatic heterocycles. The van der Waals surface area contributed by atoms with Crippen LogP contribution in [0, 0.1) is 0 Å². The van der Waals surface area contributed by atoms with Gasteiger partial charge in [-0.15, -0.1) is 0 Å². The summed E-state index contributed by atoms with van der Waals surface area (Å²) in [6, 6.07) is 4.86. The van der Waals surface area contributed by atoms with E-state index in [0.29, 0.717) is 6.04 Å². The molecule has 1 unspecified atom stereocenters. The SMILES string of the molecule is CCCC1[NH2+]C(C)(C)Cc2cc(OC)c(OC)cc21. The van der Waals surface area contributed by atoms with Gasteiger partial charge in [0.1, 0.15) is 6.04 Å². The molecule has 2 N–H and O–H groups in total. The number of quaternary nitrogens is 1. The fourth-order valence-electron chi connectivity index (χ4n) is 3.17. The number of hydrogen-bond donors (Lipinski definition) is 1. The molecule has 0 amide bonds. The van der Waals surface area contributed by atoms with E-state index in [0.717, 1.165) is 17.9 Å². The van der Waals surface area contributed by atoms with E-state index in [9.17, 15) is 0 Å². The van der Waals surface area contributed by atoms with Crippen molar-refractivity contribution in [1.82, 2.24) is 0 Å². The lowest BCUT2D eigenvalue weighted by atomic mass is 9.82. The van der Waals surface area contributed by atoms with Crippen LogP contribution < -0.4 is 14.8 Å². The molecule has 3 heteroatoms. The van der Waals surface area contributed by atoms with Crippen LogP contribution in [0.25, 0.3) is 0 Å². The van der Waals surface area contributed by atoms with Gasteiger partial charge >= 0.3 is 0 Å². The Balaban J connectivity index is 2.47. The van der Waals surface area contributed by atoms with Crippen LogP contribution in [-0.4, -0.2) is 19.8 Å². The highest BCUT2D eigenvalue weighted by Crippen LogP contribution is 2.36. The van der Waals surface area contributed by atoms with E-state index in [-0.39, 0.29) is 5.54 Å². The number of methoxy groups -OCH3 is 2. The maximum absolute atomic E-state index is 5.44. The highest BCUT2D eigenvalue weighted by Gasteiger charge is 2.35. The van der Waals surface area contributed by atoms with Crippen LogP contribution in [0.15, 0.2) is 12.1 Å². The minimum atomic E-state index is 0.256. The molecule has 0 radical (unpaired) electrons. The van der Waals surface area contributed by atoms with Gasteiger partial charge in [0.2, 0.25) is 0 Å². The molecule has 1 aromatic rings. The number of rotatable bonds is 4. The van der Waals surface area contributed by atoms with Crippen LogP contribution in [0.3, 0.4) is 0 Å². The molecule has 2 rings (SSSR count). The predicted molar refractivity (Wildman–Crippen MR) is 76.9 cm³/mol. The van der Waals surface area contributed by atoms with Gasteiger partial charge in [0.15, 0.2) is 11.5 Å². The van der Waals surface area contributed by atoms with Crippen molar-refractivity contribution in [3.63, 3.8) is 0 Å². The van der Waals surface area contributed by atoms with E-state index in [1.165, 1.54) is 24.0 Å². The topological polar surface area (TPSA) is 35.1 Å². The number of nitrogens with two attached hydrogens (primary N) is 1. The monoisotopic (exact) mass is 264 g/mol. The first-order valence-electron chi connectivity index (χ1n) is 7.11. The molecule has 0 saturated carbocycles. The van der Waals surface area contributed by atoms with Crippen LogP contribution in [0.2, 0.25) is 0 Å². The van der Waals surface area contributed by atoms with Crippen molar-refractivity contribution in [2.75, 3.05) is 14.2 Å². The lowest BCUT2D eigenvalue weighted by Crippen LogP contribution is -2.97. The van der Waals surface area contributed by atoms with E-state index < -0.39 is 0 Å². The lowest BCUT2D eigenvalue weighted by Gasteiger charge is -2.35. The standard InChI is InChI=1S/C16H25NO2/c1-6-7-13-12-9-15(19-5)14(18-4)8-11(12)10-16(2,3)17-13/h8-9,13,17H,6-7,10H2,1-5H3/p+1. The third-order valence-corrected chi connectivity index (χ3v) is 3.94. The largest absolute Gasteiger partial charge is 0.493 e. The Morgan fingerprint density at radius 2 is 1.84 bits per heavy atom. The quantitative estimate of drug-likeness (QED) is 0.906. The summed E-state index contributed by atoms with van der Waals surface area (Å²) in [5.41, 5.74) is 3.08. The molecule has 0 aliphatic carbocycles. The summed E-state index contributed by atoms with van der Waals surface area (Å²) < 4.78 is 10.9. The van der Waals surface area contributed by atoms with Crippen LogP contribution in [-0.2, 0) is 6.42 Å². The Morgan fingerprint density at radius 3 is 2.42 bits per heavy atom. The predicted octanol–water partition coefficient (Wildman–Crippen LogP) is 2.44. The van der Waals surface area contributed by atoms with Gasteiger partial charge in [-0.2, -0.15) is 0 Å². The molecule has 3 nitrogen and oxygen atoms in total. The van der Waals surface area contributed by atoms with Crippen LogP contribution >= 0.6 is 0 Å². The fraction of sp³-hybridized carbons (Fsp3) is 0.625. The zero-order valence-corrected chi connectivity index (χ0v) is 12.7. The molecule has 0 bridgehead atoms. The van der Waals surface area contributed by atoms with Gasteiger partial charge in [-0.3, -0.25) is 0 Å². The Kier molecular flexibility index (Phi) is 4.04. The summed E-state index contributed by atoms with van der Waals surface area (Å²) >= 11 is 0. The molecule has 1 heterocycles. The van der Waals surface area contributed by atoms with Gasteiger partial charge in [-0.05, 0) is 31.5 Å². The van der Waals surface area contributed by atoms with E-state index >= 15 is 0 Å². The van der Waals surface area contributed by atoms with Crippen LogP contribution in [0.5, 0.6) is 11.5 Å². The third kappa shape index (κ3) is 2.86. The molecule has 1 atom stereocenters. The van der Waals surface area contributed by atoms with E-state index in [2.05, 4.69) is 38.2 Å². The number of hydrogen-bond acceptors (Lipinski definition) is 2. The van der Waals surface area contributed by atoms with E-state index in [1.807, 2.05) is 0 Å². The van der Waals surface area contributed by atoms with Crippen molar-refractivity contribution in [1.29, 1.82) is 0 Å². The fourth-order valence-corrected chi connectivity index (χ4v) is 3.17. The average molecular weight is 264 g/mol. The second-order valence-corrected chi connectivity index (χ2v) is 6.13. The summed E-state index contributed by atoms with van der Waals surface area (Å²) in [5.74, 6) is 1.68. The van der Waals surface area contributed by atoms with E-state index in [4.69, 9.17) is 9.47 Å². The Morgan fingerprint density at radius 1 is 1.21 bits per heavy atom. The molecule has 0 aromatic heterocycles. The highest BCUT2D eigenvalue weighted by atomic mass is 16.5. The van der Waals surface area contributed by atoms with Crippen molar-refractivity contribution >= 4 is 0 Å². The van der Waals surface area contributed by atoms with Gasteiger partial charge in [-0.1, -0.05) is 13.3 Å². The first-order valence-corrected chi connectivity index (χ1v) is 7.11. The molecule has 1 aromatic carbocycles. The smallest absolute Gasteiger partial charge is 0.161 e. The van der Waals surface area contributed by atoms with E-state index in [1.54, 1.807) is 14.2 Å². The molecular formula is C16H26NO2+. The highest BCUT2D eigenvalue weighted by molar-refractivity contribution is 5.49. The van der Waals surface area contributed by atoms with Crippen molar-refractivity contribution < 1.29 is 14.8 Å². The van der Waals surface area contributed by atoms with Gasteiger partial charge < -0.3 is 14.8 Å². The summed E-state index contributed by atoms with van der Waals surface area (Å²) in [4.78, 5) is 0. The second kappa shape index (κ2) is 5.41. The molecule has 0 fully saturated rings. The zero-order valence-electron chi connectivity index (χ0n) is 12.7. The van der Waals surface area contributed by atoms with Gasteiger partial charge in [0.25, 0.3) is 0 Å². The summed E-state index contributed by atoms with van der Waals surface area (Å²) in [7, 11) is 3.41. The van der Waals surface area contributed by atoms with Crippen LogP contribution in [0.4, 0.5) is 0 Å². The van der Waals surface area contributed by atoms with Gasteiger partial charge in [0.05, 0.1) is 19.8 Å². The molecule has 1 aliphatic rings. The third-order valence-electron chi connectivity index (χ3n) is 3.94. The summed E-state index contributed by atoms with van der Waals surface area (Å²) in [6.07, 6.45) is 3.47. The van der Waals surface area contributed by atoms with Gasteiger partial charge in [0, 0.05) is 18.4 Å². The number of fused-ring (bicyclic) bond motifs is 1. The minimum absolute atomic E-state index is 0.256. The summed E-state index contributed by atoms with van der Waals surface area (Å²) in [6.45, 7) is 6.88. The Labute approximate surface area is 116 Å². The zero-order chi connectivity index (χ0) is 14.0. The minimum Gasteiger partial charge on any atom is -0.493 e. The molecule has 0 saturated heterocycles. The van der Waals surface area contributed by atoms with Crippen molar-refractivity contribution in [3.8, 4) is 11.5 Å². The molecular weight excluding hydrogens is 238 g/mol. The van der Waals surface area contributed by atoms with Gasteiger partial charge in [-0.25, -0.2) is 0 Å². The molecule has 106 valence electrons. The van der Waals surface area contributed by atoms with Crippen molar-refractivity contribution in [3.05, 3.63) is 23.3 Å². The van der Waals surface area contributed by atoms with Crippen molar-refractivity contribution in [2.45, 2.75) is 51.6 Å². The number of ether oxygens (including phenoxy) is 2. The molecule has 0 spiro atoms. The second-order valence-electron chi connectivity index (χ2n) is 6.13. The lowest BCUT2D eigenvalue weighted by molar-refractivity contribution is -0.761. The maximum Gasteiger partial charge on any atom is 0.161 e. The number of benzene rings is 1. The Bertz CT molecular complexity index is 454. The average Bonchev–Trinajstić information content (AvgIpc) is 2.36. The van der Waals surface area contributed by atoms with Crippen molar-refractivity contribution in [2.24, 2.45) is 0 Å². The normalized spacial score (nSPS) is 20.8. The van der Waals surface area contributed by atoms with Crippen LogP contribution in [0.1, 0.15) is 50.8 Å². The summed E-state index contributed by atoms with van der Waals surface area (Å²) in [5, 5.41) is 2.50. The Hall–Kier alpha value is -1.22. The first-order chi connectivity index (χ1) is 9.00. The molecule has 19 heavy (non-hydrogen) atoms. The maximum atomic E-state index is 5.44.